The first-order valence-electron chi connectivity index (χ1n) is 7.61. The molecule has 2 unspecified atom stereocenters. The van der Waals surface area contributed by atoms with Crippen LogP contribution in [0.5, 0.6) is 0 Å². The number of carbonyl (C=O) groups excluding carboxylic acids is 1. The lowest BCUT2D eigenvalue weighted by Gasteiger charge is -2.24. The Kier molecular flexibility index (Phi) is 3.74. The summed E-state index contributed by atoms with van der Waals surface area (Å²) in [7, 11) is 0. The first-order valence-corrected chi connectivity index (χ1v) is 7.61. The highest BCUT2D eigenvalue weighted by atomic mass is 16.2. The number of carbonyl (C=O) groups is 1. The van der Waals surface area contributed by atoms with Gasteiger partial charge in [0.1, 0.15) is 5.82 Å². The van der Waals surface area contributed by atoms with Crippen LogP contribution in [0.1, 0.15) is 50.7 Å². The van der Waals surface area contributed by atoms with Gasteiger partial charge in [-0.2, -0.15) is 5.10 Å². The van der Waals surface area contributed by atoms with Gasteiger partial charge >= 0.3 is 0 Å². The second-order valence-electron chi connectivity index (χ2n) is 6.12. The van der Waals surface area contributed by atoms with E-state index in [0.29, 0.717) is 5.92 Å². The molecule has 0 aromatic carbocycles. The van der Waals surface area contributed by atoms with Gasteiger partial charge in [0.05, 0.1) is 12.6 Å². The molecule has 110 valence electrons. The van der Waals surface area contributed by atoms with Gasteiger partial charge in [-0.15, -0.1) is 0 Å². The summed E-state index contributed by atoms with van der Waals surface area (Å²) in [6, 6.07) is 0.178. The minimum atomic E-state index is -0.00151. The van der Waals surface area contributed by atoms with E-state index in [9.17, 15) is 4.79 Å². The van der Waals surface area contributed by atoms with Crippen LogP contribution in [0.3, 0.4) is 0 Å². The standard InChI is InChI=1S/C14H23N5O/c1-9(2)13-17-12-6-5-10(8-19(12)18-13)16-14(20)11-4-3-7-15-11/h9-11,15H,3-8H2,1-2H3,(H,16,20). The monoisotopic (exact) mass is 277 g/mol. The number of fused-ring (bicyclic) bond motifs is 1. The number of hydrogen-bond donors (Lipinski definition) is 2. The van der Waals surface area contributed by atoms with Crippen molar-refractivity contribution in [2.75, 3.05) is 6.54 Å². The van der Waals surface area contributed by atoms with E-state index in [2.05, 4.69) is 34.6 Å². The number of nitrogens with zero attached hydrogens (tertiary/aromatic N) is 3. The normalized spacial score (nSPS) is 25.8. The third kappa shape index (κ3) is 2.70. The van der Waals surface area contributed by atoms with Crippen molar-refractivity contribution < 1.29 is 4.79 Å². The minimum Gasteiger partial charge on any atom is -0.350 e. The van der Waals surface area contributed by atoms with Crippen LogP contribution in [0.15, 0.2) is 0 Å². The van der Waals surface area contributed by atoms with Gasteiger partial charge in [-0.05, 0) is 25.8 Å². The summed E-state index contributed by atoms with van der Waals surface area (Å²) in [6.45, 7) is 5.90. The number of amides is 1. The van der Waals surface area contributed by atoms with Crippen molar-refractivity contribution in [3.8, 4) is 0 Å². The average molecular weight is 277 g/mol. The lowest BCUT2D eigenvalue weighted by atomic mass is 10.1. The van der Waals surface area contributed by atoms with E-state index in [1.54, 1.807) is 0 Å². The fourth-order valence-electron chi connectivity index (χ4n) is 2.90. The highest BCUT2D eigenvalue weighted by Crippen LogP contribution is 2.17. The Labute approximate surface area is 119 Å². The van der Waals surface area contributed by atoms with E-state index in [1.807, 2.05) is 4.68 Å². The molecule has 2 N–H and O–H groups in total. The van der Waals surface area contributed by atoms with Gasteiger partial charge in [0.15, 0.2) is 5.82 Å². The smallest absolute Gasteiger partial charge is 0.237 e. The summed E-state index contributed by atoms with van der Waals surface area (Å²) < 4.78 is 1.96. The Morgan fingerprint density at radius 3 is 3.00 bits per heavy atom. The summed E-state index contributed by atoms with van der Waals surface area (Å²) in [4.78, 5) is 16.7. The lowest BCUT2D eigenvalue weighted by molar-refractivity contribution is -0.123. The van der Waals surface area contributed by atoms with Crippen LogP contribution >= 0.6 is 0 Å². The van der Waals surface area contributed by atoms with Gasteiger partial charge in [-0.1, -0.05) is 13.8 Å². The van der Waals surface area contributed by atoms with Gasteiger partial charge in [0.2, 0.25) is 5.91 Å². The first-order chi connectivity index (χ1) is 9.63. The van der Waals surface area contributed by atoms with Crippen LogP contribution in [-0.2, 0) is 17.8 Å². The molecule has 1 aromatic rings. The predicted molar refractivity (Wildman–Crippen MR) is 75.4 cm³/mol. The Morgan fingerprint density at radius 2 is 2.30 bits per heavy atom. The van der Waals surface area contributed by atoms with Crippen molar-refractivity contribution in [3.05, 3.63) is 11.6 Å². The molecule has 3 rings (SSSR count). The van der Waals surface area contributed by atoms with Gasteiger partial charge in [0.25, 0.3) is 0 Å². The fraction of sp³-hybridized carbons (Fsp3) is 0.786. The largest absolute Gasteiger partial charge is 0.350 e. The molecule has 0 spiro atoms. The number of aromatic nitrogens is 3. The van der Waals surface area contributed by atoms with Crippen LogP contribution in [0.4, 0.5) is 0 Å². The van der Waals surface area contributed by atoms with Crippen molar-refractivity contribution in [1.82, 2.24) is 25.4 Å². The molecule has 6 heteroatoms. The molecule has 1 aromatic heterocycles. The SMILES string of the molecule is CC(C)c1nc2n(n1)CC(NC(=O)C1CCCN1)CC2. The summed E-state index contributed by atoms with van der Waals surface area (Å²) >= 11 is 0. The molecule has 3 heterocycles. The number of hydrogen-bond acceptors (Lipinski definition) is 4. The number of rotatable bonds is 3. The number of aryl methyl sites for hydroxylation is 1. The van der Waals surface area contributed by atoms with Crippen LogP contribution in [-0.4, -0.2) is 39.3 Å². The summed E-state index contributed by atoms with van der Waals surface area (Å²) in [5, 5.41) is 10.9. The first kappa shape index (κ1) is 13.5. The summed E-state index contributed by atoms with van der Waals surface area (Å²) in [5.74, 6) is 2.45. The highest BCUT2D eigenvalue weighted by molar-refractivity contribution is 5.82. The predicted octanol–water partition coefficient (Wildman–Crippen LogP) is 0.584. The van der Waals surface area contributed by atoms with Crippen molar-refractivity contribution in [2.24, 2.45) is 0 Å². The van der Waals surface area contributed by atoms with Crippen LogP contribution in [0.25, 0.3) is 0 Å². The topological polar surface area (TPSA) is 71.8 Å². The Bertz CT molecular complexity index is 490. The lowest BCUT2D eigenvalue weighted by Crippen LogP contribution is -2.48. The van der Waals surface area contributed by atoms with E-state index in [4.69, 9.17) is 0 Å². The molecule has 2 aliphatic heterocycles. The van der Waals surface area contributed by atoms with Crippen molar-refractivity contribution in [2.45, 2.75) is 64.1 Å². The molecule has 20 heavy (non-hydrogen) atoms. The Balaban J connectivity index is 1.61. The highest BCUT2D eigenvalue weighted by Gasteiger charge is 2.27. The third-order valence-corrected chi connectivity index (χ3v) is 4.11. The van der Waals surface area contributed by atoms with E-state index in [1.165, 1.54) is 0 Å². The molecule has 1 fully saturated rings. The molecule has 0 radical (unpaired) electrons. The van der Waals surface area contributed by atoms with E-state index in [-0.39, 0.29) is 18.0 Å². The molecule has 2 atom stereocenters. The second kappa shape index (κ2) is 5.52. The minimum absolute atomic E-state index is 0.00151. The maximum atomic E-state index is 12.1. The molecular formula is C14H23N5O. The van der Waals surface area contributed by atoms with Crippen LogP contribution in [0, 0.1) is 0 Å². The van der Waals surface area contributed by atoms with Crippen LogP contribution in [0.2, 0.25) is 0 Å². The second-order valence-corrected chi connectivity index (χ2v) is 6.12. The van der Waals surface area contributed by atoms with Gasteiger partial charge in [0, 0.05) is 18.4 Å². The van der Waals surface area contributed by atoms with E-state index >= 15 is 0 Å². The summed E-state index contributed by atoms with van der Waals surface area (Å²) in [5.41, 5.74) is 0. The Hall–Kier alpha value is -1.43. The molecule has 6 nitrogen and oxygen atoms in total. The molecule has 0 bridgehead atoms. The molecule has 1 saturated heterocycles. The number of nitrogens with one attached hydrogen (secondary N) is 2. The Morgan fingerprint density at radius 1 is 1.45 bits per heavy atom. The fourth-order valence-corrected chi connectivity index (χ4v) is 2.90. The molecule has 2 aliphatic rings. The van der Waals surface area contributed by atoms with Crippen molar-refractivity contribution in [3.63, 3.8) is 0 Å². The molecule has 0 saturated carbocycles. The zero-order valence-corrected chi connectivity index (χ0v) is 12.2. The van der Waals surface area contributed by atoms with E-state index in [0.717, 1.165) is 50.4 Å². The van der Waals surface area contributed by atoms with Crippen molar-refractivity contribution >= 4 is 5.91 Å². The van der Waals surface area contributed by atoms with Crippen molar-refractivity contribution in [1.29, 1.82) is 0 Å². The van der Waals surface area contributed by atoms with Gasteiger partial charge < -0.3 is 10.6 Å². The van der Waals surface area contributed by atoms with E-state index < -0.39 is 0 Å². The van der Waals surface area contributed by atoms with Gasteiger partial charge in [-0.25, -0.2) is 9.67 Å². The van der Waals surface area contributed by atoms with Gasteiger partial charge in [-0.3, -0.25) is 4.79 Å². The maximum absolute atomic E-state index is 12.1. The molecule has 0 aliphatic carbocycles. The molecular weight excluding hydrogens is 254 g/mol. The summed E-state index contributed by atoms with van der Waals surface area (Å²) in [6.07, 6.45) is 3.88. The maximum Gasteiger partial charge on any atom is 0.237 e. The molecule has 1 amide bonds. The zero-order valence-electron chi connectivity index (χ0n) is 12.2. The zero-order chi connectivity index (χ0) is 14.1. The third-order valence-electron chi connectivity index (χ3n) is 4.11. The average Bonchev–Trinajstić information content (AvgIpc) is 3.07. The quantitative estimate of drug-likeness (QED) is 0.848. The van der Waals surface area contributed by atoms with Crippen LogP contribution < -0.4 is 10.6 Å².